The number of rotatable bonds is 5. The van der Waals surface area contributed by atoms with Crippen LogP contribution in [0, 0.1) is 0 Å². The van der Waals surface area contributed by atoms with Crippen LogP contribution in [-0.2, 0) is 22.6 Å². The molecule has 0 spiro atoms. The summed E-state index contributed by atoms with van der Waals surface area (Å²) in [6.07, 6.45) is 4.57. The fourth-order valence-electron chi connectivity index (χ4n) is 4.13. The second-order valence-corrected chi connectivity index (χ2v) is 7.63. The third-order valence-electron chi connectivity index (χ3n) is 5.64. The van der Waals surface area contributed by atoms with Gasteiger partial charge in [0.1, 0.15) is 0 Å². The molecule has 28 heavy (non-hydrogen) atoms. The first-order chi connectivity index (χ1) is 13.7. The van der Waals surface area contributed by atoms with Crippen LogP contribution >= 0.6 is 0 Å². The van der Waals surface area contributed by atoms with Crippen LogP contribution in [0.3, 0.4) is 0 Å². The molecular weight excluding hydrogens is 350 g/mol. The molecule has 4 rings (SSSR count). The number of fused-ring (bicyclic) bond motifs is 1. The molecule has 0 unspecified atom stereocenters. The van der Waals surface area contributed by atoms with E-state index in [0.29, 0.717) is 13.0 Å². The van der Waals surface area contributed by atoms with Crippen molar-refractivity contribution in [1.82, 2.24) is 4.90 Å². The summed E-state index contributed by atoms with van der Waals surface area (Å²) in [4.78, 5) is 28.8. The van der Waals surface area contributed by atoms with Crippen LogP contribution in [0.4, 0.5) is 11.4 Å². The zero-order chi connectivity index (χ0) is 19.3. The highest BCUT2D eigenvalue weighted by molar-refractivity contribution is 5.95. The van der Waals surface area contributed by atoms with Crippen LogP contribution in [0.5, 0.6) is 0 Å². The smallest absolute Gasteiger partial charge is 0.244 e. The lowest BCUT2D eigenvalue weighted by molar-refractivity contribution is -0.134. The third kappa shape index (κ3) is 4.19. The minimum Gasteiger partial charge on any atom is -0.367 e. The molecule has 2 heterocycles. The SMILES string of the molecule is O=C(CN1CCCCCC1=O)Nc1ccccc1CN1CCc2ccccc21. The zero-order valence-corrected chi connectivity index (χ0v) is 16.2. The molecule has 1 saturated heterocycles. The summed E-state index contributed by atoms with van der Waals surface area (Å²) >= 11 is 0. The van der Waals surface area contributed by atoms with Crippen molar-refractivity contribution >= 4 is 23.2 Å². The number of anilines is 2. The first-order valence-electron chi connectivity index (χ1n) is 10.2. The monoisotopic (exact) mass is 377 g/mol. The van der Waals surface area contributed by atoms with Gasteiger partial charge in [-0.1, -0.05) is 42.8 Å². The summed E-state index contributed by atoms with van der Waals surface area (Å²) < 4.78 is 0. The van der Waals surface area contributed by atoms with Crippen LogP contribution in [0.15, 0.2) is 48.5 Å². The molecular formula is C23H27N3O2. The molecule has 0 aliphatic carbocycles. The molecule has 2 aromatic rings. The van der Waals surface area contributed by atoms with E-state index in [1.54, 1.807) is 4.90 Å². The van der Waals surface area contributed by atoms with E-state index in [-0.39, 0.29) is 18.4 Å². The maximum absolute atomic E-state index is 12.6. The Morgan fingerprint density at radius 3 is 2.64 bits per heavy atom. The predicted octanol–water partition coefficient (Wildman–Crippen LogP) is 3.59. The van der Waals surface area contributed by atoms with E-state index in [4.69, 9.17) is 0 Å². The molecule has 146 valence electrons. The topological polar surface area (TPSA) is 52.7 Å². The van der Waals surface area contributed by atoms with Gasteiger partial charge in [0, 0.05) is 37.4 Å². The average Bonchev–Trinajstić information content (AvgIpc) is 3.00. The van der Waals surface area contributed by atoms with Crippen molar-refractivity contribution < 1.29 is 9.59 Å². The summed E-state index contributed by atoms with van der Waals surface area (Å²) in [5.74, 6) is -0.0286. The molecule has 5 nitrogen and oxygen atoms in total. The number of carbonyl (C=O) groups is 2. The Morgan fingerprint density at radius 1 is 0.893 bits per heavy atom. The number of amides is 2. The lowest BCUT2D eigenvalue weighted by atomic mass is 10.1. The van der Waals surface area contributed by atoms with Gasteiger partial charge in [0.2, 0.25) is 11.8 Å². The number of nitrogens with zero attached hydrogens (tertiary/aromatic N) is 2. The van der Waals surface area contributed by atoms with E-state index in [1.165, 1.54) is 11.3 Å². The largest absolute Gasteiger partial charge is 0.367 e. The van der Waals surface area contributed by atoms with Gasteiger partial charge in [0.25, 0.3) is 0 Å². The second-order valence-electron chi connectivity index (χ2n) is 7.63. The minimum atomic E-state index is -0.121. The number of hydrogen-bond acceptors (Lipinski definition) is 3. The van der Waals surface area contributed by atoms with Gasteiger partial charge in [-0.05, 0) is 42.5 Å². The Labute approximate surface area is 166 Å². The molecule has 0 atom stereocenters. The van der Waals surface area contributed by atoms with Crippen LogP contribution in [0.25, 0.3) is 0 Å². The maximum Gasteiger partial charge on any atom is 0.244 e. The normalized spacial score (nSPS) is 16.6. The van der Waals surface area contributed by atoms with Crippen molar-refractivity contribution in [2.75, 3.05) is 29.9 Å². The van der Waals surface area contributed by atoms with E-state index < -0.39 is 0 Å². The van der Waals surface area contributed by atoms with Gasteiger partial charge in [-0.25, -0.2) is 0 Å². The van der Waals surface area contributed by atoms with Crippen LogP contribution in [-0.4, -0.2) is 36.3 Å². The molecule has 2 aliphatic rings. The van der Waals surface area contributed by atoms with Crippen LogP contribution < -0.4 is 10.2 Å². The molecule has 0 bridgehead atoms. The molecule has 1 fully saturated rings. The number of benzene rings is 2. The first-order valence-corrected chi connectivity index (χ1v) is 10.2. The quantitative estimate of drug-likeness (QED) is 0.866. The molecule has 1 N–H and O–H groups in total. The van der Waals surface area contributed by atoms with E-state index in [1.807, 2.05) is 18.2 Å². The Balaban J connectivity index is 1.43. The maximum atomic E-state index is 12.6. The summed E-state index contributed by atoms with van der Waals surface area (Å²) in [5, 5.41) is 3.04. The van der Waals surface area contributed by atoms with Crippen molar-refractivity contribution in [3.8, 4) is 0 Å². The van der Waals surface area contributed by atoms with Gasteiger partial charge in [-0.3, -0.25) is 9.59 Å². The molecule has 2 aromatic carbocycles. The summed E-state index contributed by atoms with van der Waals surface area (Å²) in [7, 11) is 0. The molecule has 0 saturated carbocycles. The Morgan fingerprint density at radius 2 is 1.71 bits per heavy atom. The number of carbonyl (C=O) groups excluding carboxylic acids is 2. The van der Waals surface area contributed by atoms with Gasteiger partial charge in [-0.15, -0.1) is 0 Å². The molecule has 5 heteroatoms. The highest BCUT2D eigenvalue weighted by atomic mass is 16.2. The van der Waals surface area contributed by atoms with Crippen LogP contribution in [0.2, 0.25) is 0 Å². The number of para-hydroxylation sites is 2. The predicted molar refractivity (Wildman–Crippen MR) is 111 cm³/mol. The standard InChI is InChI=1S/C23H27N3O2/c27-22(17-26-14-7-1-2-12-23(26)28)24-20-10-5-3-9-19(20)16-25-15-13-18-8-4-6-11-21(18)25/h3-6,8-11H,1-2,7,12-17H2,(H,24,27). The number of nitrogens with one attached hydrogen (secondary N) is 1. The summed E-state index contributed by atoms with van der Waals surface area (Å²) in [5.41, 5.74) is 4.58. The van der Waals surface area contributed by atoms with E-state index >= 15 is 0 Å². The van der Waals surface area contributed by atoms with Gasteiger partial charge >= 0.3 is 0 Å². The highest BCUT2D eigenvalue weighted by Gasteiger charge is 2.21. The Hall–Kier alpha value is -2.82. The van der Waals surface area contributed by atoms with E-state index in [0.717, 1.165) is 50.0 Å². The number of likely N-dealkylation sites (tertiary alicyclic amines) is 1. The van der Waals surface area contributed by atoms with Crippen LogP contribution in [0.1, 0.15) is 36.8 Å². The van der Waals surface area contributed by atoms with Crippen molar-refractivity contribution in [2.45, 2.75) is 38.6 Å². The molecule has 2 aliphatic heterocycles. The van der Waals surface area contributed by atoms with Gasteiger partial charge in [-0.2, -0.15) is 0 Å². The first kappa shape index (κ1) is 18.5. The average molecular weight is 377 g/mol. The molecule has 0 radical (unpaired) electrons. The zero-order valence-electron chi connectivity index (χ0n) is 16.2. The minimum absolute atomic E-state index is 0.0922. The van der Waals surface area contributed by atoms with Crippen molar-refractivity contribution in [2.24, 2.45) is 0 Å². The van der Waals surface area contributed by atoms with Gasteiger partial charge in [0.15, 0.2) is 0 Å². The van der Waals surface area contributed by atoms with Crippen molar-refractivity contribution in [1.29, 1.82) is 0 Å². The molecule has 2 amide bonds. The molecule has 0 aromatic heterocycles. The van der Waals surface area contributed by atoms with Gasteiger partial charge < -0.3 is 15.1 Å². The Kier molecular flexibility index (Phi) is 5.60. The summed E-state index contributed by atoms with van der Waals surface area (Å²) in [6.45, 7) is 2.57. The van der Waals surface area contributed by atoms with Gasteiger partial charge in [0.05, 0.1) is 6.54 Å². The van der Waals surface area contributed by atoms with E-state index in [9.17, 15) is 9.59 Å². The van der Waals surface area contributed by atoms with Crippen molar-refractivity contribution in [3.05, 3.63) is 59.7 Å². The fourth-order valence-corrected chi connectivity index (χ4v) is 4.13. The Bertz CT molecular complexity index is 864. The third-order valence-corrected chi connectivity index (χ3v) is 5.64. The van der Waals surface area contributed by atoms with E-state index in [2.05, 4.69) is 40.5 Å². The second kappa shape index (κ2) is 8.46. The van der Waals surface area contributed by atoms with Crippen molar-refractivity contribution in [3.63, 3.8) is 0 Å². The number of hydrogen-bond donors (Lipinski definition) is 1. The summed E-state index contributed by atoms with van der Waals surface area (Å²) in [6, 6.07) is 16.5. The highest BCUT2D eigenvalue weighted by Crippen LogP contribution is 2.30. The lowest BCUT2D eigenvalue weighted by Gasteiger charge is -2.23. The lowest BCUT2D eigenvalue weighted by Crippen LogP contribution is -2.37. The fraction of sp³-hybridized carbons (Fsp3) is 0.391.